The van der Waals surface area contributed by atoms with Gasteiger partial charge in [0.25, 0.3) is 0 Å². The van der Waals surface area contributed by atoms with Crippen molar-refractivity contribution in [2.45, 2.75) is 32.2 Å². The molecule has 2 aromatic heterocycles. The van der Waals surface area contributed by atoms with Crippen LogP contribution in [0.1, 0.15) is 48.1 Å². The molecule has 0 spiro atoms. The van der Waals surface area contributed by atoms with Gasteiger partial charge in [-0.25, -0.2) is 4.98 Å². The van der Waals surface area contributed by atoms with E-state index in [-0.39, 0.29) is 5.91 Å². The molecular formula is C30H27N3OS. The van der Waals surface area contributed by atoms with Gasteiger partial charge in [0.15, 0.2) is 5.13 Å². The van der Waals surface area contributed by atoms with Gasteiger partial charge < -0.3 is 0 Å². The molecule has 5 rings (SSSR count). The van der Waals surface area contributed by atoms with Crippen molar-refractivity contribution in [2.75, 3.05) is 4.90 Å². The van der Waals surface area contributed by atoms with E-state index in [0.717, 1.165) is 27.0 Å². The van der Waals surface area contributed by atoms with E-state index in [1.165, 1.54) is 5.56 Å². The maximum absolute atomic E-state index is 14.4. The maximum atomic E-state index is 14.4. The van der Waals surface area contributed by atoms with Crippen LogP contribution in [-0.2, 0) is 11.3 Å². The van der Waals surface area contributed by atoms with Crippen LogP contribution in [0.3, 0.4) is 0 Å². The first-order chi connectivity index (χ1) is 17.1. The van der Waals surface area contributed by atoms with Crippen molar-refractivity contribution in [1.29, 1.82) is 0 Å². The van der Waals surface area contributed by atoms with Crippen LogP contribution in [0.2, 0.25) is 0 Å². The molecule has 0 bridgehead atoms. The van der Waals surface area contributed by atoms with Crippen molar-refractivity contribution < 1.29 is 4.79 Å². The molecule has 5 aromatic rings. The lowest BCUT2D eigenvalue weighted by molar-refractivity contribution is -0.119. The highest BCUT2D eigenvalue weighted by atomic mass is 32.1. The highest BCUT2D eigenvalue weighted by Gasteiger charge is 2.31. The van der Waals surface area contributed by atoms with E-state index < -0.39 is 5.92 Å². The highest BCUT2D eigenvalue weighted by Crippen LogP contribution is 2.36. The first-order valence-corrected chi connectivity index (χ1v) is 12.6. The number of benzene rings is 3. The Kier molecular flexibility index (Phi) is 6.68. The number of pyridine rings is 1. The molecular weight excluding hydrogens is 450 g/mol. The summed E-state index contributed by atoms with van der Waals surface area (Å²) in [5.41, 5.74) is 4.90. The predicted molar refractivity (Wildman–Crippen MR) is 144 cm³/mol. The fourth-order valence-electron chi connectivity index (χ4n) is 4.36. The van der Waals surface area contributed by atoms with Crippen LogP contribution in [0.15, 0.2) is 103 Å². The standard InChI is InChI=1S/C30H27N3OS/c1-21(2)25-17-11-18-26-28(25)32-30(35-26)33(20-24-16-9-10-19-31-24)29(34)27(22-12-5-3-6-13-22)23-14-7-4-8-15-23/h3-19,21,27H,20H2,1-2H3. The zero-order chi connectivity index (χ0) is 24.2. The van der Waals surface area contributed by atoms with Gasteiger partial charge in [0, 0.05) is 6.20 Å². The van der Waals surface area contributed by atoms with Crippen LogP contribution in [0.25, 0.3) is 10.2 Å². The van der Waals surface area contributed by atoms with Crippen LogP contribution in [0.4, 0.5) is 5.13 Å². The van der Waals surface area contributed by atoms with Gasteiger partial charge in [0.05, 0.1) is 28.4 Å². The second kappa shape index (κ2) is 10.2. The zero-order valence-electron chi connectivity index (χ0n) is 19.8. The number of hydrogen-bond acceptors (Lipinski definition) is 4. The third-order valence-corrected chi connectivity index (χ3v) is 7.16. The van der Waals surface area contributed by atoms with E-state index in [4.69, 9.17) is 4.98 Å². The number of carbonyl (C=O) groups excluding carboxylic acids is 1. The van der Waals surface area contributed by atoms with Crippen LogP contribution < -0.4 is 4.90 Å². The molecule has 0 atom stereocenters. The minimum Gasteiger partial charge on any atom is -0.281 e. The van der Waals surface area contributed by atoms with Crippen LogP contribution in [0, 0.1) is 0 Å². The molecule has 0 saturated carbocycles. The molecule has 35 heavy (non-hydrogen) atoms. The smallest absolute Gasteiger partial charge is 0.241 e. The third-order valence-electron chi connectivity index (χ3n) is 6.12. The number of amides is 1. The van der Waals surface area contributed by atoms with Crippen molar-refractivity contribution in [1.82, 2.24) is 9.97 Å². The van der Waals surface area contributed by atoms with E-state index in [9.17, 15) is 4.79 Å². The van der Waals surface area contributed by atoms with Crippen molar-refractivity contribution in [2.24, 2.45) is 0 Å². The summed E-state index contributed by atoms with van der Waals surface area (Å²) < 4.78 is 1.08. The van der Waals surface area contributed by atoms with Crippen molar-refractivity contribution in [3.8, 4) is 0 Å². The zero-order valence-corrected chi connectivity index (χ0v) is 20.7. The Labute approximate surface area is 209 Å². The van der Waals surface area contributed by atoms with E-state index in [1.807, 2.05) is 83.8 Å². The minimum absolute atomic E-state index is 0.0155. The second-order valence-corrected chi connectivity index (χ2v) is 9.85. The number of nitrogens with zero attached hydrogens (tertiary/aromatic N) is 3. The van der Waals surface area contributed by atoms with E-state index in [2.05, 4.69) is 37.0 Å². The lowest BCUT2D eigenvalue weighted by Crippen LogP contribution is -2.35. The largest absolute Gasteiger partial charge is 0.281 e. The van der Waals surface area contributed by atoms with Gasteiger partial charge in [-0.15, -0.1) is 0 Å². The number of para-hydroxylation sites is 1. The maximum Gasteiger partial charge on any atom is 0.241 e. The summed E-state index contributed by atoms with van der Waals surface area (Å²) in [6, 6.07) is 32.0. The second-order valence-electron chi connectivity index (χ2n) is 8.84. The monoisotopic (exact) mass is 477 g/mol. The molecule has 0 unspecified atom stereocenters. The Morgan fingerprint density at radius 3 is 2.09 bits per heavy atom. The average molecular weight is 478 g/mol. The normalized spacial score (nSPS) is 11.3. The SMILES string of the molecule is CC(C)c1cccc2sc(N(Cc3ccccn3)C(=O)C(c3ccccc3)c3ccccc3)nc12. The fourth-order valence-corrected chi connectivity index (χ4v) is 5.36. The Hall–Kier alpha value is -3.83. The first-order valence-electron chi connectivity index (χ1n) is 11.8. The molecule has 1 amide bonds. The molecule has 174 valence electrons. The van der Waals surface area contributed by atoms with E-state index in [0.29, 0.717) is 17.6 Å². The number of rotatable bonds is 7. The quantitative estimate of drug-likeness (QED) is 0.249. The summed E-state index contributed by atoms with van der Waals surface area (Å²) in [7, 11) is 0. The van der Waals surface area contributed by atoms with Gasteiger partial charge >= 0.3 is 0 Å². The van der Waals surface area contributed by atoms with Crippen molar-refractivity contribution in [3.05, 3.63) is 126 Å². The molecule has 0 aliphatic carbocycles. The number of hydrogen-bond donors (Lipinski definition) is 0. The molecule has 0 saturated heterocycles. The lowest BCUT2D eigenvalue weighted by Gasteiger charge is -2.26. The highest BCUT2D eigenvalue weighted by molar-refractivity contribution is 7.22. The summed E-state index contributed by atoms with van der Waals surface area (Å²) in [5.74, 6) is -0.120. The lowest BCUT2D eigenvalue weighted by atomic mass is 9.90. The number of thiazole rings is 1. The number of anilines is 1. The first kappa shape index (κ1) is 22.9. The van der Waals surface area contributed by atoms with Gasteiger partial charge in [0.1, 0.15) is 0 Å². The molecule has 0 fully saturated rings. The topological polar surface area (TPSA) is 46.1 Å². The minimum atomic E-state index is -0.447. The Bertz CT molecular complexity index is 1380. The Morgan fingerprint density at radius 2 is 1.49 bits per heavy atom. The number of carbonyl (C=O) groups is 1. The predicted octanol–water partition coefficient (Wildman–Crippen LogP) is 7.18. The van der Waals surface area contributed by atoms with Crippen LogP contribution in [-0.4, -0.2) is 15.9 Å². The van der Waals surface area contributed by atoms with Gasteiger partial charge in [-0.05, 0) is 40.8 Å². The number of fused-ring (bicyclic) bond motifs is 1. The fraction of sp³-hybridized carbons (Fsp3) is 0.167. The molecule has 0 aliphatic rings. The van der Waals surface area contributed by atoms with Gasteiger partial charge in [-0.3, -0.25) is 14.7 Å². The van der Waals surface area contributed by atoms with Crippen molar-refractivity contribution in [3.63, 3.8) is 0 Å². The van der Waals surface area contributed by atoms with Gasteiger partial charge in [-0.1, -0.05) is 104 Å². The van der Waals surface area contributed by atoms with Gasteiger partial charge in [-0.2, -0.15) is 0 Å². The van der Waals surface area contributed by atoms with Crippen LogP contribution >= 0.6 is 11.3 Å². The summed E-state index contributed by atoms with van der Waals surface area (Å²) in [4.78, 5) is 25.7. The van der Waals surface area contributed by atoms with Crippen LogP contribution in [0.5, 0.6) is 0 Å². The van der Waals surface area contributed by atoms with Gasteiger partial charge in [0.2, 0.25) is 5.91 Å². The Balaban J connectivity index is 1.64. The average Bonchev–Trinajstić information content (AvgIpc) is 3.33. The summed E-state index contributed by atoms with van der Waals surface area (Å²) in [6.07, 6.45) is 1.76. The van der Waals surface area contributed by atoms with E-state index in [1.54, 1.807) is 17.5 Å². The summed E-state index contributed by atoms with van der Waals surface area (Å²) in [6.45, 7) is 4.70. The molecule has 0 radical (unpaired) electrons. The van der Waals surface area contributed by atoms with Crippen molar-refractivity contribution >= 4 is 32.6 Å². The Morgan fingerprint density at radius 1 is 0.829 bits per heavy atom. The molecule has 5 heteroatoms. The summed E-state index contributed by atoms with van der Waals surface area (Å²) in [5, 5.41) is 0.695. The molecule has 3 aromatic carbocycles. The number of aromatic nitrogens is 2. The molecule has 2 heterocycles. The van der Waals surface area contributed by atoms with E-state index >= 15 is 0 Å². The summed E-state index contributed by atoms with van der Waals surface area (Å²) >= 11 is 1.56. The third kappa shape index (κ3) is 4.86. The molecule has 0 N–H and O–H groups in total. The molecule has 4 nitrogen and oxygen atoms in total. The molecule has 0 aliphatic heterocycles.